The minimum Gasteiger partial charge on any atom is -0.479 e. The summed E-state index contributed by atoms with van der Waals surface area (Å²) in [6, 6.07) is 8.23. The summed E-state index contributed by atoms with van der Waals surface area (Å²) in [5, 5.41) is 1.19. The summed E-state index contributed by atoms with van der Waals surface area (Å²) in [7, 11) is 0. The van der Waals surface area contributed by atoms with Gasteiger partial charge in [-0.3, -0.25) is 0 Å². The van der Waals surface area contributed by atoms with Gasteiger partial charge < -0.3 is 9.72 Å². The summed E-state index contributed by atoms with van der Waals surface area (Å²) in [4.78, 5) is 4.26. The second kappa shape index (κ2) is 4.68. The number of ether oxygens (including phenoxy) is 1. The van der Waals surface area contributed by atoms with E-state index in [-0.39, 0.29) is 0 Å². The van der Waals surface area contributed by atoms with Gasteiger partial charge in [0.15, 0.2) is 0 Å². The lowest BCUT2D eigenvalue weighted by molar-refractivity contribution is 0.346. The van der Waals surface area contributed by atoms with Gasteiger partial charge in [-0.2, -0.15) is 0 Å². The highest BCUT2D eigenvalue weighted by atomic mass is 32.2. The highest BCUT2D eigenvalue weighted by Gasteiger charge is 2.02. The molecule has 0 aliphatic heterocycles. The maximum Gasteiger partial charge on any atom is 0.224 e. The summed E-state index contributed by atoms with van der Waals surface area (Å²) < 4.78 is 5.80. The predicted molar refractivity (Wildman–Crippen MR) is 68.4 cm³/mol. The van der Waals surface area contributed by atoms with Crippen LogP contribution in [0.1, 0.15) is 6.92 Å². The lowest BCUT2D eigenvalue weighted by atomic mass is 10.2. The van der Waals surface area contributed by atoms with Crippen LogP contribution in [-0.2, 0) is 4.74 Å². The Kier molecular flexibility index (Phi) is 3.28. The van der Waals surface area contributed by atoms with Gasteiger partial charge in [0, 0.05) is 22.0 Å². The van der Waals surface area contributed by atoms with Crippen molar-refractivity contribution < 1.29 is 4.74 Å². The largest absolute Gasteiger partial charge is 0.479 e. The summed E-state index contributed by atoms with van der Waals surface area (Å²) >= 11 is 6.55. The van der Waals surface area contributed by atoms with Crippen LogP contribution in [0.2, 0.25) is 0 Å². The molecule has 15 heavy (non-hydrogen) atoms. The van der Waals surface area contributed by atoms with E-state index in [1.54, 1.807) is 0 Å². The van der Waals surface area contributed by atoms with Crippen molar-refractivity contribution in [3.05, 3.63) is 30.5 Å². The lowest BCUT2D eigenvalue weighted by Gasteiger charge is -2.03. The number of thioether (sulfide) groups is 1. The van der Waals surface area contributed by atoms with Crippen LogP contribution in [0.4, 0.5) is 0 Å². The molecule has 2 nitrogen and oxygen atoms in total. The van der Waals surface area contributed by atoms with Gasteiger partial charge in [0.2, 0.25) is 4.38 Å². The highest BCUT2D eigenvalue weighted by molar-refractivity contribution is 8.22. The molecule has 0 radical (unpaired) electrons. The van der Waals surface area contributed by atoms with Gasteiger partial charge in [-0.05, 0) is 55.2 Å². The van der Waals surface area contributed by atoms with E-state index >= 15 is 0 Å². The maximum absolute atomic E-state index is 5.23. The first-order valence-corrected chi connectivity index (χ1v) is 5.94. The average molecular weight is 237 g/mol. The minimum absolute atomic E-state index is 0.576. The van der Waals surface area contributed by atoms with Gasteiger partial charge >= 0.3 is 0 Å². The van der Waals surface area contributed by atoms with Crippen LogP contribution < -0.4 is 0 Å². The highest BCUT2D eigenvalue weighted by Crippen LogP contribution is 2.24. The number of H-pyrrole nitrogens is 1. The van der Waals surface area contributed by atoms with Crippen LogP contribution in [0, 0.1) is 0 Å². The number of nitrogens with one attached hydrogen (secondary N) is 1. The molecule has 2 rings (SSSR count). The monoisotopic (exact) mass is 237 g/mol. The SMILES string of the molecule is CCOC(=S)Sc1ccc2[nH]ccc2c1. The minimum atomic E-state index is 0.576. The van der Waals surface area contributed by atoms with Gasteiger partial charge in [0.05, 0.1) is 6.61 Å². The van der Waals surface area contributed by atoms with Crippen molar-refractivity contribution >= 4 is 39.3 Å². The number of rotatable bonds is 2. The van der Waals surface area contributed by atoms with E-state index in [2.05, 4.69) is 11.1 Å². The maximum atomic E-state index is 5.23. The number of fused-ring (bicyclic) bond motifs is 1. The van der Waals surface area contributed by atoms with Crippen LogP contribution in [-0.4, -0.2) is 16.0 Å². The third-order valence-corrected chi connectivity index (χ3v) is 3.13. The normalized spacial score (nSPS) is 10.5. The van der Waals surface area contributed by atoms with Crippen LogP contribution in [0.25, 0.3) is 10.9 Å². The van der Waals surface area contributed by atoms with Crippen LogP contribution in [0.15, 0.2) is 35.4 Å². The summed E-state index contributed by atoms with van der Waals surface area (Å²) in [6.45, 7) is 2.56. The van der Waals surface area contributed by atoms with Gasteiger partial charge in [0.25, 0.3) is 0 Å². The van der Waals surface area contributed by atoms with Crippen molar-refractivity contribution in [2.75, 3.05) is 6.61 Å². The summed E-state index contributed by atoms with van der Waals surface area (Å²) in [5.74, 6) is 0. The molecule has 0 spiro atoms. The molecule has 4 heteroatoms. The molecule has 1 N–H and O–H groups in total. The second-order valence-electron chi connectivity index (χ2n) is 3.01. The van der Waals surface area contributed by atoms with Gasteiger partial charge in [-0.15, -0.1) is 0 Å². The molecule has 2 aromatic rings. The molecule has 0 fully saturated rings. The number of aromatic amines is 1. The van der Waals surface area contributed by atoms with Gasteiger partial charge in [-0.25, -0.2) is 0 Å². The molecule has 0 amide bonds. The first-order valence-electron chi connectivity index (χ1n) is 4.71. The Hall–Kier alpha value is -1.00. The molecule has 0 unspecified atom stereocenters. The number of benzene rings is 1. The molecule has 0 atom stereocenters. The van der Waals surface area contributed by atoms with E-state index in [9.17, 15) is 0 Å². The number of aromatic nitrogens is 1. The summed E-state index contributed by atoms with van der Waals surface area (Å²) in [5.41, 5.74) is 1.14. The first-order chi connectivity index (χ1) is 7.29. The Morgan fingerprint density at radius 2 is 2.33 bits per heavy atom. The van der Waals surface area contributed by atoms with Crippen molar-refractivity contribution in [3.8, 4) is 0 Å². The first kappa shape index (κ1) is 10.5. The van der Waals surface area contributed by atoms with Crippen molar-refractivity contribution in [3.63, 3.8) is 0 Å². The number of hydrogen-bond donors (Lipinski definition) is 1. The lowest BCUT2D eigenvalue weighted by Crippen LogP contribution is -1.94. The quantitative estimate of drug-likeness (QED) is 0.638. The Balaban J connectivity index is 2.17. The Morgan fingerprint density at radius 1 is 1.47 bits per heavy atom. The van der Waals surface area contributed by atoms with E-state index in [0.29, 0.717) is 11.0 Å². The second-order valence-corrected chi connectivity index (χ2v) is 4.69. The smallest absolute Gasteiger partial charge is 0.224 e. The predicted octanol–water partition coefficient (Wildman–Crippen LogP) is 3.58. The third-order valence-electron chi connectivity index (χ3n) is 1.99. The fourth-order valence-electron chi connectivity index (χ4n) is 1.34. The van der Waals surface area contributed by atoms with Gasteiger partial charge in [-0.1, -0.05) is 0 Å². The van der Waals surface area contributed by atoms with E-state index in [1.165, 1.54) is 17.1 Å². The number of thiocarbonyl (C=S) groups is 1. The molecule has 1 heterocycles. The van der Waals surface area contributed by atoms with Gasteiger partial charge in [0.1, 0.15) is 0 Å². The standard InChI is InChI=1S/C11H11NOS2/c1-2-13-11(14)15-9-3-4-10-8(7-9)5-6-12-10/h3-7,12H,2H2,1H3. The Morgan fingerprint density at radius 3 is 3.13 bits per heavy atom. The van der Waals surface area contributed by atoms with Crippen molar-refractivity contribution in [2.45, 2.75) is 11.8 Å². The molecule has 0 aliphatic carbocycles. The zero-order chi connectivity index (χ0) is 10.7. The zero-order valence-electron chi connectivity index (χ0n) is 8.32. The molecule has 0 saturated heterocycles. The Labute approximate surface area is 98.0 Å². The Bertz CT molecular complexity index is 478. The average Bonchev–Trinajstić information content (AvgIpc) is 2.65. The van der Waals surface area contributed by atoms with E-state index in [4.69, 9.17) is 17.0 Å². The molecule has 1 aromatic carbocycles. The van der Waals surface area contributed by atoms with E-state index in [0.717, 1.165) is 10.4 Å². The third kappa shape index (κ3) is 2.52. The topological polar surface area (TPSA) is 25.0 Å². The molecule has 1 aromatic heterocycles. The molecule has 0 bridgehead atoms. The van der Waals surface area contributed by atoms with Crippen molar-refractivity contribution in [1.29, 1.82) is 0 Å². The fourth-order valence-corrected chi connectivity index (χ4v) is 2.44. The van der Waals surface area contributed by atoms with Crippen LogP contribution in [0.3, 0.4) is 0 Å². The molecule has 78 valence electrons. The van der Waals surface area contributed by atoms with Crippen LogP contribution in [0.5, 0.6) is 0 Å². The van der Waals surface area contributed by atoms with Crippen LogP contribution >= 0.6 is 24.0 Å². The number of hydrogen-bond acceptors (Lipinski definition) is 3. The van der Waals surface area contributed by atoms with E-state index in [1.807, 2.05) is 31.3 Å². The van der Waals surface area contributed by atoms with Crippen molar-refractivity contribution in [2.24, 2.45) is 0 Å². The van der Waals surface area contributed by atoms with Crippen molar-refractivity contribution in [1.82, 2.24) is 4.98 Å². The molecular weight excluding hydrogens is 226 g/mol. The molecular formula is C11H11NOS2. The fraction of sp³-hybridized carbons (Fsp3) is 0.182. The molecule has 0 saturated carbocycles. The zero-order valence-corrected chi connectivity index (χ0v) is 9.95. The van der Waals surface area contributed by atoms with E-state index < -0.39 is 0 Å². The molecule has 0 aliphatic rings. The summed E-state index contributed by atoms with van der Waals surface area (Å²) in [6.07, 6.45) is 1.93.